The lowest BCUT2D eigenvalue weighted by molar-refractivity contribution is 0.322. The summed E-state index contributed by atoms with van der Waals surface area (Å²) in [6.07, 6.45) is 1.27. The van der Waals surface area contributed by atoms with Gasteiger partial charge in [-0.15, -0.1) is 0 Å². The molecule has 1 N–H and O–H groups in total. The molecule has 0 aliphatic rings. The number of hydrogen-bond donors (Lipinski definition) is 1. The van der Waals surface area contributed by atoms with Crippen molar-refractivity contribution in [3.63, 3.8) is 0 Å². The van der Waals surface area contributed by atoms with Crippen LogP contribution in [0.5, 0.6) is 0 Å². The van der Waals surface area contributed by atoms with Crippen LogP contribution in [0.2, 0.25) is 0 Å². The summed E-state index contributed by atoms with van der Waals surface area (Å²) in [5.41, 5.74) is 2.11. The summed E-state index contributed by atoms with van der Waals surface area (Å²) in [4.78, 5) is 0. The second kappa shape index (κ2) is 3.54. The van der Waals surface area contributed by atoms with Crippen molar-refractivity contribution in [2.75, 3.05) is 0 Å². The number of benzene rings is 1. The molecule has 0 amide bonds. The first-order valence-corrected chi connectivity index (χ1v) is 3.46. The lowest BCUT2D eigenvalue weighted by Gasteiger charge is -1.99. The van der Waals surface area contributed by atoms with Crippen molar-refractivity contribution >= 4 is 6.21 Å². The van der Waals surface area contributed by atoms with Crippen LogP contribution in [0.25, 0.3) is 0 Å². The number of nitrogens with zero attached hydrogens (tertiary/aromatic N) is 2. The van der Waals surface area contributed by atoms with E-state index in [0.717, 1.165) is 5.56 Å². The van der Waals surface area contributed by atoms with Gasteiger partial charge in [-0.3, -0.25) is 0 Å². The van der Waals surface area contributed by atoms with Gasteiger partial charge >= 0.3 is 0 Å². The number of hydrogen-bond acceptors (Lipinski definition) is 3. The highest BCUT2D eigenvalue weighted by atomic mass is 16.4. The van der Waals surface area contributed by atoms with Crippen molar-refractivity contribution in [2.24, 2.45) is 5.16 Å². The minimum atomic E-state index is 0.521. The van der Waals surface area contributed by atoms with E-state index in [0.29, 0.717) is 11.1 Å². The Morgan fingerprint density at radius 1 is 1.58 bits per heavy atom. The first-order chi connectivity index (χ1) is 5.79. The van der Waals surface area contributed by atoms with E-state index < -0.39 is 0 Å². The van der Waals surface area contributed by atoms with E-state index in [1.54, 1.807) is 12.1 Å². The highest BCUT2D eigenvalue weighted by molar-refractivity contribution is 5.84. The van der Waals surface area contributed by atoms with Crippen LogP contribution in [0.4, 0.5) is 0 Å². The summed E-state index contributed by atoms with van der Waals surface area (Å²) in [5, 5.41) is 19.9. The van der Waals surface area contributed by atoms with E-state index in [1.165, 1.54) is 6.21 Å². The second-order valence-corrected chi connectivity index (χ2v) is 2.39. The van der Waals surface area contributed by atoms with Gasteiger partial charge in [-0.25, -0.2) is 0 Å². The Hall–Kier alpha value is -1.82. The molecule has 0 saturated carbocycles. The first kappa shape index (κ1) is 8.28. The van der Waals surface area contributed by atoms with Crippen LogP contribution in [0.3, 0.4) is 0 Å². The van der Waals surface area contributed by atoms with Gasteiger partial charge < -0.3 is 5.21 Å². The largest absolute Gasteiger partial charge is 0.411 e. The highest BCUT2D eigenvalue weighted by Crippen LogP contribution is 2.10. The van der Waals surface area contributed by atoms with E-state index in [9.17, 15) is 0 Å². The number of oxime groups is 1. The van der Waals surface area contributed by atoms with E-state index in [-0.39, 0.29) is 0 Å². The molecular formula is C9H8N2O. The van der Waals surface area contributed by atoms with Crippen LogP contribution in [-0.4, -0.2) is 11.4 Å². The summed E-state index contributed by atoms with van der Waals surface area (Å²) in [6.45, 7) is 1.86. The molecule has 0 radical (unpaired) electrons. The molecule has 0 bridgehead atoms. The Balaban J connectivity index is 3.32. The molecule has 1 aromatic rings. The third-order valence-corrected chi connectivity index (χ3v) is 1.63. The van der Waals surface area contributed by atoms with Crippen LogP contribution in [-0.2, 0) is 0 Å². The van der Waals surface area contributed by atoms with Gasteiger partial charge in [0.2, 0.25) is 0 Å². The highest BCUT2D eigenvalue weighted by Gasteiger charge is 2.01. The maximum absolute atomic E-state index is 8.68. The van der Waals surface area contributed by atoms with Gasteiger partial charge in [-0.2, -0.15) is 5.26 Å². The zero-order chi connectivity index (χ0) is 8.97. The molecule has 60 valence electrons. The monoisotopic (exact) mass is 160 g/mol. The van der Waals surface area contributed by atoms with Crippen molar-refractivity contribution in [1.82, 2.24) is 0 Å². The molecule has 0 heterocycles. The molecule has 0 atom stereocenters. The van der Waals surface area contributed by atoms with Crippen LogP contribution in [0.15, 0.2) is 23.4 Å². The van der Waals surface area contributed by atoms with Gasteiger partial charge in [0, 0.05) is 5.56 Å². The maximum Gasteiger partial charge on any atom is 0.0998 e. The van der Waals surface area contributed by atoms with E-state index in [1.807, 2.05) is 19.1 Å². The minimum absolute atomic E-state index is 0.521. The third kappa shape index (κ3) is 1.43. The smallest absolute Gasteiger partial charge is 0.0998 e. The fourth-order valence-electron chi connectivity index (χ4n) is 1.01. The van der Waals surface area contributed by atoms with E-state index in [2.05, 4.69) is 5.16 Å². The zero-order valence-electron chi connectivity index (χ0n) is 6.65. The quantitative estimate of drug-likeness (QED) is 0.386. The summed E-state index contributed by atoms with van der Waals surface area (Å²) >= 11 is 0. The first-order valence-electron chi connectivity index (χ1n) is 3.46. The van der Waals surface area contributed by atoms with Crippen LogP contribution >= 0.6 is 0 Å². The maximum atomic E-state index is 8.68. The lowest BCUT2D eigenvalue weighted by Crippen LogP contribution is -1.91. The van der Waals surface area contributed by atoms with Crippen molar-refractivity contribution < 1.29 is 5.21 Å². The Morgan fingerprint density at radius 2 is 2.33 bits per heavy atom. The fraction of sp³-hybridized carbons (Fsp3) is 0.111. The van der Waals surface area contributed by atoms with Gasteiger partial charge in [0.05, 0.1) is 17.8 Å². The molecule has 0 saturated heterocycles. The molecule has 1 rings (SSSR count). The fourth-order valence-corrected chi connectivity index (χ4v) is 1.01. The Kier molecular flexibility index (Phi) is 2.44. The molecule has 0 unspecified atom stereocenters. The molecule has 0 spiro atoms. The summed E-state index contributed by atoms with van der Waals surface area (Å²) in [7, 11) is 0. The normalized spacial score (nSPS) is 10.0. The van der Waals surface area contributed by atoms with Crippen molar-refractivity contribution in [1.29, 1.82) is 5.26 Å². The average Bonchev–Trinajstić information content (AvgIpc) is 2.09. The van der Waals surface area contributed by atoms with Crippen molar-refractivity contribution in [2.45, 2.75) is 6.92 Å². The van der Waals surface area contributed by atoms with Gasteiger partial charge in [-0.1, -0.05) is 17.3 Å². The van der Waals surface area contributed by atoms with E-state index >= 15 is 0 Å². The number of aryl methyl sites for hydroxylation is 1. The Bertz CT molecular complexity index is 350. The Labute approximate surface area is 70.6 Å². The summed E-state index contributed by atoms with van der Waals surface area (Å²) < 4.78 is 0. The van der Waals surface area contributed by atoms with Crippen LogP contribution in [0.1, 0.15) is 16.7 Å². The van der Waals surface area contributed by atoms with Crippen molar-refractivity contribution in [3.05, 3.63) is 34.9 Å². The topological polar surface area (TPSA) is 56.4 Å². The molecule has 0 aliphatic carbocycles. The molecule has 0 fully saturated rings. The van der Waals surface area contributed by atoms with Gasteiger partial charge in [0.25, 0.3) is 0 Å². The van der Waals surface area contributed by atoms with Crippen LogP contribution in [0, 0.1) is 18.3 Å². The number of rotatable bonds is 1. The van der Waals surface area contributed by atoms with Crippen molar-refractivity contribution in [3.8, 4) is 6.07 Å². The molecular weight excluding hydrogens is 152 g/mol. The SMILES string of the molecule is Cc1cccc(C#N)c1/C=N/O. The predicted octanol–water partition coefficient (Wildman–Crippen LogP) is 1.67. The second-order valence-electron chi connectivity index (χ2n) is 2.39. The minimum Gasteiger partial charge on any atom is -0.411 e. The van der Waals surface area contributed by atoms with Gasteiger partial charge in [0.1, 0.15) is 0 Å². The summed E-state index contributed by atoms with van der Waals surface area (Å²) in [6, 6.07) is 7.36. The van der Waals surface area contributed by atoms with E-state index in [4.69, 9.17) is 10.5 Å². The Morgan fingerprint density at radius 3 is 2.92 bits per heavy atom. The predicted molar refractivity (Wildman–Crippen MR) is 45.3 cm³/mol. The molecule has 0 aromatic heterocycles. The molecule has 12 heavy (non-hydrogen) atoms. The standard InChI is InChI=1S/C9H8N2O/c1-7-3-2-4-8(5-10)9(7)6-11-12/h2-4,6,12H,1H3/b11-6+. The van der Waals surface area contributed by atoms with Gasteiger partial charge in [0.15, 0.2) is 0 Å². The molecule has 0 aliphatic heterocycles. The zero-order valence-corrected chi connectivity index (χ0v) is 6.65. The average molecular weight is 160 g/mol. The molecule has 3 nitrogen and oxygen atoms in total. The summed E-state index contributed by atoms with van der Waals surface area (Å²) in [5.74, 6) is 0. The lowest BCUT2D eigenvalue weighted by atomic mass is 10.0. The van der Waals surface area contributed by atoms with Crippen LogP contribution < -0.4 is 0 Å². The van der Waals surface area contributed by atoms with Gasteiger partial charge in [-0.05, 0) is 18.6 Å². The third-order valence-electron chi connectivity index (χ3n) is 1.63. The molecule has 3 heteroatoms. The number of nitriles is 1. The molecule has 1 aromatic carbocycles.